The van der Waals surface area contributed by atoms with E-state index >= 15 is 0 Å². The highest BCUT2D eigenvalue weighted by molar-refractivity contribution is 9.10. The third-order valence-corrected chi connectivity index (χ3v) is 5.46. The molecule has 0 saturated carbocycles. The van der Waals surface area contributed by atoms with Gasteiger partial charge in [-0.25, -0.2) is 9.78 Å². The van der Waals surface area contributed by atoms with Crippen molar-refractivity contribution in [2.45, 2.75) is 13.3 Å². The lowest BCUT2D eigenvalue weighted by atomic mass is 10.2. The van der Waals surface area contributed by atoms with Crippen molar-refractivity contribution >= 4 is 66.5 Å². The van der Waals surface area contributed by atoms with Crippen LogP contribution < -0.4 is 10.3 Å². The number of aromatic nitrogens is 2. The second-order valence-corrected chi connectivity index (χ2v) is 8.26. The van der Waals surface area contributed by atoms with Gasteiger partial charge in [-0.3, -0.25) is 4.79 Å². The number of benzene rings is 2. The van der Waals surface area contributed by atoms with Crippen LogP contribution in [0.1, 0.15) is 18.3 Å². The number of hydrogen-bond donors (Lipinski definition) is 0. The summed E-state index contributed by atoms with van der Waals surface area (Å²) in [7, 11) is 1.27. The van der Waals surface area contributed by atoms with E-state index in [2.05, 4.69) is 46.7 Å². The molecule has 0 aliphatic heterocycles. The second-order valence-electron chi connectivity index (χ2n) is 6.08. The number of nitrogens with zero attached hydrogens (tertiary/aromatic N) is 3. The maximum absolute atomic E-state index is 12.9. The fourth-order valence-electron chi connectivity index (χ4n) is 2.65. The van der Waals surface area contributed by atoms with Crippen molar-refractivity contribution in [3.8, 4) is 5.75 Å². The van der Waals surface area contributed by atoms with Crippen molar-refractivity contribution in [1.82, 2.24) is 9.66 Å². The van der Waals surface area contributed by atoms with Gasteiger partial charge in [-0.15, -0.1) is 0 Å². The summed E-state index contributed by atoms with van der Waals surface area (Å²) in [6.45, 7) is 1.63. The molecule has 0 aliphatic rings. The van der Waals surface area contributed by atoms with Gasteiger partial charge in [0.1, 0.15) is 5.82 Å². The van der Waals surface area contributed by atoms with Crippen molar-refractivity contribution in [2.75, 3.05) is 13.7 Å². The topological polar surface area (TPSA) is 82.8 Å². The standard InChI is InChI=1S/C20H16Br2ClN3O4/c1-3-17-25-16-5-4-12(21)8-13(16)20(28)26(17)24-9-11-6-14(22)19(15(23)7-11)30-10-18(27)29-2/h4-9H,3,10H2,1-2H3. The van der Waals surface area contributed by atoms with E-state index in [1.165, 1.54) is 18.0 Å². The van der Waals surface area contributed by atoms with Crippen LogP contribution in [0.3, 0.4) is 0 Å². The summed E-state index contributed by atoms with van der Waals surface area (Å²) < 4.78 is 12.5. The third kappa shape index (κ3) is 4.91. The van der Waals surface area contributed by atoms with Gasteiger partial charge in [0.15, 0.2) is 12.4 Å². The molecule has 0 spiro atoms. The first kappa shape index (κ1) is 22.5. The van der Waals surface area contributed by atoms with Crippen molar-refractivity contribution < 1.29 is 14.3 Å². The highest BCUT2D eigenvalue weighted by atomic mass is 79.9. The largest absolute Gasteiger partial charge is 0.479 e. The van der Waals surface area contributed by atoms with Crippen LogP contribution >= 0.6 is 43.5 Å². The van der Waals surface area contributed by atoms with Crippen LogP contribution in [0.4, 0.5) is 0 Å². The van der Waals surface area contributed by atoms with Crippen molar-refractivity contribution in [3.63, 3.8) is 0 Å². The van der Waals surface area contributed by atoms with Crippen molar-refractivity contribution in [2.24, 2.45) is 5.10 Å². The molecule has 0 fully saturated rings. The zero-order valence-electron chi connectivity index (χ0n) is 16.0. The number of fused-ring (bicyclic) bond motifs is 1. The van der Waals surface area contributed by atoms with Gasteiger partial charge in [0.05, 0.1) is 33.7 Å². The molecule has 3 rings (SSSR count). The van der Waals surface area contributed by atoms with E-state index in [0.717, 1.165) is 4.47 Å². The summed E-state index contributed by atoms with van der Waals surface area (Å²) in [5.74, 6) is 0.322. The fourth-order valence-corrected chi connectivity index (χ4v) is 4.00. The molecular formula is C20H16Br2ClN3O4. The molecule has 7 nitrogen and oxygen atoms in total. The number of halogens is 3. The molecule has 1 heterocycles. The number of aryl methyl sites for hydroxylation is 1. The molecule has 0 aliphatic carbocycles. The number of methoxy groups -OCH3 is 1. The first-order valence-corrected chi connectivity index (χ1v) is 10.7. The Balaban J connectivity index is 1.97. The number of esters is 1. The van der Waals surface area contributed by atoms with Gasteiger partial charge in [0.2, 0.25) is 0 Å². The minimum absolute atomic E-state index is 0.266. The highest BCUT2D eigenvalue weighted by Gasteiger charge is 2.12. The maximum atomic E-state index is 12.9. The molecule has 10 heteroatoms. The van der Waals surface area contributed by atoms with Crippen molar-refractivity contribution in [1.29, 1.82) is 0 Å². The molecule has 0 N–H and O–H groups in total. The Hall–Kier alpha value is -2.23. The molecular weight excluding hydrogens is 541 g/mol. The predicted molar refractivity (Wildman–Crippen MR) is 123 cm³/mol. The number of hydrogen-bond acceptors (Lipinski definition) is 6. The van der Waals surface area contributed by atoms with E-state index in [0.29, 0.717) is 38.9 Å². The summed E-state index contributed by atoms with van der Waals surface area (Å²) in [5.41, 5.74) is 0.975. The van der Waals surface area contributed by atoms with Gasteiger partial charge in [-0.1, -0.05) is 34.5 Å². The van der Waals surface area contributed by atoms with E-state index in [1.54, 1.807) is 24.3 Å². The van der Waals surface area contributed by atoms with Crippen LogP contribution in [-0.2, 0) is 16.0 Å². The smallest absolute Gasteiger partial charge is 0.343 e. The molecule has 3 aromatic rings. The summed E-state index contributed by atoms with van der Waals surface area (Å²) in [5, 5.41) is 5.07. The first-order valence-electron chi connectivity index (χ1n) is 8.78. The van der Waals surface area contributed by atoms with Gasteiger partial charge in [-0.05, 0) is 51.8 Å². The molecule has 2 aromatic carbocycles. The molecule has 0 radical (unpaired) electrons. The minimum Gasteiger partial charge on any atom is -0.479 e. The highest BCUT2D eigenvalue weighted by Crippen LogP contribution is 2.34. The average molecular weight is 558 g/mol. The average Bonchev–Trinajstić information content (AvgIpc) is 2.72. The van der Waals surface area contributed by atoms with Gasteiger partial charge in [-0.2, -0.15) is 9.78 Å². The van der Waals surface area contributed by atoms with E-state index in [4.69, 9.17) is 16.3 Å². The van der Waals surface area contributed by atoms with E-state index in [9.17, 15) is 9.59 Å². The van der Waals surface area contributed by atoms with E-state index in [1.807, 2.05) is 13.0 Å². The van der Waals surface area contributed by atoms with Crippen LogP contribution in [0.5, 0.6) is 5.75 Å². The quantitative estimate of drug-likeness (QED) is 0.328. The molecule has 0 atom stereocenters. The van der Waals surface area contributed by atoms with Crippen LogP contribution in [0.25, 0.3) is 10.9 Å². The van der Waals surface area contributed by atoms with E-state index in [-0.39, 0.29) is 17.2 Å². The normalized spacial score (nSPS) is 11.2. The Morgan fingerprint density at radius 2 is 2.07 bits per heavy atom. The summed E-state index contributed by atoms with van der Waals surface area (Å²) in [6.07, 6.45) is 2.04. The van der Waals surface area contributed by atoms with Crippen molar-refractivity contribution in [3.05, 3.63) is 66.0 Å². The zero-order chi connectivity index (χ0) is 21.8. The van der Waals surface area contributed by atoms with E-state index < -0.39 is 5.97 Å². The van der Waals surface area contributed by atoms with Gasteiger partial charge in [0, 0.05) is 10.9 Å². The van der Waals surface area contributed by atoms with Gasteiger partial charge < -0.3 is 9.47 Å². The minimum atomic E-state index is -0.523. The molecule has 0 bridgehead atoms. The lowest BCUT2D eigenvalue weighted by molar-refractivity contribution is -0.142. The maximum Gasteiger partial charge on any atom is 0.343 e. The van der Waals surface area contributed by atoms with Crippen LogP contribution in [-0.4, -0.2) is 35.6 Å². The molecule has 0 amide bonds. The molecule has 156 valence electrons. The van der Waals surface area contributed by atoms with Gasteiger partial charge >= 0.3 is 5.97 Å². The summed E-state index contributed by atoms with van der Waals surface area (Å²) in [6, 6.07) is 8.67. The van der Waals surface area contributed by atoms with Crippen LogP contribution in [0.2, 0.25) is 5.02 Å². The Morgan fingerprint density at radius 1 is 1.30 bits per heavy atom. The predicted octanol–water partition coefficient (Wildman–Crippen LogP) is 4.57. The number of ether oxygens (including phenoxy) is 2. The third-order valence-electron chi connectivity index (χ3n) is 4.10. The number of rotatable bonds is 6. The molecule has 0 saturated heterocycles. The Labute approximate surface area is 193 Å². The second kappa shape index (κ2) is 9.72. The lowest BCUT2D eigenvalue weighted by Gasteiger charge is -2.10. The van der Waals surface area contributed by atoms with Gasteiger partial charge in [0.25, 0.3) is 5.56 Å². The number of carbonyl (C=O) groups is 1. The first-order chi connectivity index (χ1) is 14.3. The molecule has 30 heavy (non-hydrogen) atoms. The fraction of sp³-hybridized carbons (Fsp3) is 0.200. The SMILES string of the molecule is CCc1nc2ccc(Br)cc2c(=O)n1N=Cc1cc(Cl)c(OCC(=O)OC)c(Br)c1. The summed E-state index contributed by atoms with van der Waals surface area (Å²) >= 11 is 13.0. The number of carbonyl (C=O) groups excluding carboxylic acids is 1. The Morgan fingerprint density at radius 3 is 2.73 bits per heavy atom. The Bertz CT molecular complexity index is 1190. The summed E-state index contributed by atoms with van der Waals surface area (Å²) in [4.78, 5) is 28.7. The van der Waals surface area contributed by atoms with Crippen LogP contribution in [0, 0.1) is 0 Å². The molecule has 1 aromatic heterocycles. The zero-order valence-corrected chi connectivity index (χ0v) is 19.9. The lowest BCUT2D eigenvalue weighted by Crippen LogP contribution is -2.22. The van der Waals surface area contributed by atoms with Crippen LogP contribution in [0.15, 0.2) is 49.2 Å². The molecule has 0 unspecified atom stereocenters. The monoisotopic (exact) mass is 555 g/mol. The Kier molecular flexibility index (Phi) is 7.27.